The second kappa shape index (κ2) is 7.65. The van der Waals surface area contributed by atoms with Crippen molar-refractivity contribution in [1.82, 2.24) is 4.98 Å². The Morgan fingerprint density at radius 3 is 2.10 bits per heavy atom. The number of ether oxygens (including phenoxy) is 1. The van der Waals surface area contributed by atoms with Crippen molar-refractivity contribution in [3.05, 3.63) is 91.7 Å². The number of halogens is 1. The first-order valence-electron chi connectivity index (χ1n) is 9.14. The topological polar surface area (TPSA) is 85.2 Å². The number of nitrogens with one attached hydrogen (secondary N) is 1. The van der Waals surface area contributed by atoms with Gasteiger partial charge in [0.05, 0.1) is 22.6 Å². The highest BCUT2D eigenvalue weighted by atomic mass is 35.5. The van der Waals surface area contributed by atoms with Gasteiger partial charge in [-0.05, 0) is 41.8 Å². The van der Waals surface area contributed by atoms with Crippen molar-refractivity contribution in [3.8, 4) is 28.0 Å². The Morgan fingerprint density at radius 1 is 0.967 bits per heavy atom. The molecule has 0 radical (unpaired) electrons. The molecule has 0 bridgehead atoms. The third kappa shape index (κ3) is 3.42. The number of nitrogens with zero attached hydrogens (tertiary/aromatic N) is 1. The van der Waals surface area contributed by atoms with E-state index in [1.807, 2.05) is 31.2 Å². The van der Waals surface area contributed by atoms with Crippen LogP contribution in [-0.2, 0) is 0 Å². The SMILES string of the molecule is COc1cc2[nH]c(C)c(-c3ccc(-c4ccc([N+](=O)[O-])cc4)cc3)c(=O)c2cc1Cl. The number of nitro groups is 1. The van der Waals surface area contributed by atoms with Gasteiger partial charge in [0.2, 0.25) is 0 Å². The lowest BCUT2D eigenvalue weighted by Crippen LogP contribution is -2.10. The number of rotatable bonds is 4. The van der Waals surface area contributed by atoms with Crippen LogP contribution in [0.3, 0.4) is 0 Å². The summed E-state index contributed by atoms with van der Waals surface area (Å²) in [5.41, 5.74) is 4.42. The van der Waals surface area contributed by atoms with Crippen LogP contribution in [0.1, 0.15) is 5.69 Å². The van der Waals surface area contributed by atoms with Crippen LogP contribution in [-0.4, -0.2) is 17.0 Å². The number of methoxy groups -OCH3 is 1. The van der Waals surface area contributed by atoms with E-state index in [-0.39, 0.29) is 11.1 Å². The summed E-state index contributed by atoms with van der Waals surface area (Å²) >= 11 is 6.21. The van der Waals surface area contributed by atoms with E-state index in [0.29, 0.717) is 27.2 Å². The normalized spacial score (nSPS) is 10.9. The molecule has 6 nitrogen and oxygen atoms in total. The molecule has 0 saturated heterocycles. The number of non-ortho nitro benzene ring substituents is 1. The summed E-state index contributed by atoms with van der Waals surface area (Å²) in [6.07, 6.45) is 0. The van der Waals surface area contributed by atoms with Crippen LogP contribution in [0.25, 0.3) is 33.2 Å². The van der Waals surface area contributed by atoms with Crippen LogP contribution >= 0.6 is 11.6 Å². The third-order valence-electron chi connectivity index (χ3n) is 5.05. The van der Waals surface area contributed by atoms with E-state index in [9.17, 15) is 14.9 Å². The molecule has 0 aliphatic rings. The predicted molar refractivity (Wildman–Crippen MR) is 118 cm³/mol. The largest absolute Gasteiger partial charge is 0.495 e. The van der Waals surface area contributed by atoms with Crippen molar-refractivity contribution < 1.29 is 9.66 Å². The van der Waals surface area contributed by atoms with Crippen LogP contribution in [0.5, 0.6) is 5.75 Å². The van der Waals surface area contributed by atoms with Gasteiger partial charge in [0.1, 0.15) is 5.75 Å². The van der Waals surface area contributed by atoms with Gasteiger partial charge in [0.15, 0.2) is 5.43 Å². The maximum absolute atomic E-state index is 13.2. The average molecular weight is 421 g/mol. The standard InChI is InChI=1S/C23H17ClN2O4/c1-13-22(23(27)18-11-19(24)21(30-2)12-20(18)25-13)16-5-3-14(4-6-16)15-7-9-17(10-8-15)26(28)29/h3-12H,1-2H3,(H,25,27). The Hall–Kier alpha value is -3.64. The first-order valence-corrected chi connectivity index (χ1v) is 9.52. The predicted octanol–water partition coefficient (Wildman–Crippen LogP) is 5.74. The number of pyridine rings is 1. The minimum Gasteiger partial charge on any atom is -0.495 e. The summed E-state index contributed by atoms with van der Waals surface area (Å²) in [5.74, 6) is 0.499. The van der Waals surface area contributed by atoms with Gasteiger partial charge in [-0.2, -0.15) is 0 Å². The van der Waals surface area contributed by atoms with Gasteiger partial charge in [-0.25, -0.2) is 0 Å². The molecule has 0 aliphatic carbocycles. The number of nitro benzene ring substituents is 1. The van der Waals surface area contributed by atoms with Crippen LogP contribution in [0.15, 0.2) is 65.5 Å². The first-order chi connectivity index (χ1) is 14.4. The second-order valence-electron chi connectivity index (χ2n) is 6.87. The Balaban J connectivity index is 1.77. The quantitative estimate of drug-likeness (QED) is 0.337. The number of fused-ring (bicyclic) bond motifs is 1. The van der Waals surface area contributed by atoms with Crippen LogP contribution in [0.2, 0.25) is 5.02 Å². The Kier molecular flexibility index (Phi) is 5.01. The molecule has 0 fully saturated rings. The van der Waals surface area contributed by atoms with E-state index in [1.54, 1.807) is 24.3 Å². The van der Waals surface area contributed by atoms with E-state index in [4.69, 9.17) is 16.3 Å². The summed E-state index contributed by atoms with van der Waals surface area (Å²) < 4.78 is 5.23. The molecule has 1 N–H and O–H groups in total. The average Bonchev–Trinajstić information content (AvgIpc) is 2.74. The van der Waals surface area contributed by atoms with Crippen LogP contribution in [0.4, 0.5) is 5.69 Å². The van der Waals surface area contributed by atoms with Crippen molar-refractivity contribution in [2.75, 3.05) is 7.11 Å². The van der Waals surface area contributed by atoms with E-state index >= 15 is 0 Å². The summed E-state index contributed by atoms with van der Waals surface area (Å²) in [6, 6.07) is 17.2. The van der Waals surface area contributed by atoms with Gasteiger partial charge in [-0.1, -0.05) is 35.9 Å². The molecular weight excluding hydrogens is 404 g/mol. The molecule has 1 heterocycles. The molecule has 0 atom stereocenters. The van der Waals surface area contributed by atoms with E-state index in [1.165, 1.54) is 19.2 Å². The highest BCUT2D eigenvalue weighted by Crippen LogP contribution is 2.31. The Morgan fingerprint density at radius 2 is 1.53 bits per heavy atom. The van der Waals surface area contributed by atoms with Crippen molar-refractivity contribution in [3.63, 3.8) is 0 Å². The van der Waals surface area contributed by atoms with Gasteiger partial charge in [0.25, 0.3) is 5.69 Å². The zero-order valence-electron chi connectivity index (χ0n) is 16.2. The van der Waals surface area contributed by atoms with E-state index in [0.717, 1.165) is 22.4 Å². The summed E-state index contributed by atoms with van der Waals surface area (Å²) in [4.78, 5) is 26.8. The molecule has 150 valence electrons. The molecule has 0 aliphatic heterocycles. The lowest BCUT2D eigenvalue weighted by atomic mass is 9.98. The zero-order chi connectivity index (χ0) is 21.4. The maximum Gasteiger partial charge on any atom is 0.269 e. The molecule has 1 aromatic heterocycles. The molecule has 4 aromatic rings. The fourth-order valence-electron chi connectivity index (χ4n) is 3.52. The molecule has 0 unspecified atom stereocenters. The number of H-pyrrole nitrogens is 1. The maximum atomic E-state index is 13.2. The van der Waals surface area contributed by atoms with Crippen molar-refractivity contribution in [1.29, 1.82) is 0 Å². The zero-order valence-corrected chi connectivity index (χ0v) is 17.0. The number of aromatic nitrogens is 1. The molecule has 4 rings (SSSR count). The fraction of sp³-hybridized carbons (Fsp3) is 0.0870. The van der Waals surface area contributed by atoms with Gasteiger partial charge >= 0.3 is 0 Å². The molecule has 0 saturated carbocycles. The summed E-state index contributed by atoms with van der Waals surface area (Å²) in [5, 5.41) is 11.7. The van der Waals surface area contributed by atoms with Crippen LogP contribution in [0, 0.1) is 17.0 Å². The second-order valence-corrected chi connectivity index (χ2v) is 7.27. The lowest BCUT2D eigenvalue weighted by Gasteiger charge is -2.11. The number of aryl methyl sites for hydroxylation is 1. The van der Waals surface area contributed by atoms with Crippen molar-refractivity contribution in [2.24, 2.45) is 0 Å². The molecule has 30 heavy (non-hydrogen) atoms. The number of benzene rings is 3. The Bertz CT molecular complexity index is 1330. The van der Waals surface area contributed by atoms with E-state index < -0.39 is 4.92 Å². The van der Waals surface area contributed by atoms with Gasteiger partial charge in [-0.15, -0.1) is 0 Å². The minimum atomic E-state index is -0.427. The lowest BCUT2D eigenvalue weighted by molar-refractivity contribution is -0.384. The Labute approximate surface area is 176 Å². The summed E-state index contributed by atoms with van der Waals surface area (Å²) in [6.45, 7) is 1.85. The molecule has 0 amide bonds. The van der Waals surface area contributed by atoms with Gasteiger partial charge in [0, 0.05) is 34.8 Å². The molecule has 7 heteroatoms. The smallest absolute Gasteiger partial charge is 0.269 e. The molecular formula is C23H17ClN2O4. The highest BCUT2D eigenvalue weighted by Gasteiger charge is 2.14. The number of aromatic amines is 1. The van der Waals surface area contributed by atoms with Crippen molar-refractivity contribution in [2.45, 2.75) is 6.92 Å². The summed E-state index contributed by atoms with van der Waals surface area (Å²) in [7, 11) is 1.53. The molecule has 3 aromatic carbocycles. The van der Waals surface area contributed by atoms with Gasteiger partial charge < -0.3 is 9.72 Å². The molecule has 0 spiro atoms. The first kappa shape index (κ1) is 19.7. The third-order valence-corrected chi connectivity index (χ3v) is 5.34. The van der Waals surface area contributed by atoms with E-state index in [2.05, 4.69) is 4.98 Å². The highest BCUT2D eigenvalue weighted by molar-refractivity contribution is 6.32. The minimum absolute atomic E-state index is 0.0454. The fourth-order valence-corrected chi connectivity index (χ4v) is 3.76. The van der Waals surface area contributed by atoms with Crippen molar-refractivity contribution >= 4 is 28.2 Å². The van der Waals surface area contributed by atoms with Crippen LogP contribution < -0.4 is 10.2 Å². The number of hydrogen-bond acceptors (Lipinski definition) is 4. The monoisotopic (exact) mass is 420 g/mol. The number of hydrogen-bond donors (Lipinski definition) is 1. The van der Waals surface area contributed by atoms with Gasteiger partial charge in [-0.3, -0.25) is 14.9 Å².